The van der Waals surface area contributed by atoms with Gasteiger partial charge in [-0.3, -0.25) is 14.2 Å². The number of aryl methyl sites for hydroxylation is 2. The Morgan fingerprint density at radius 1 is 0.970 bits per heavy atom. The van der Waals surface area contributed by atoms with Crippen molar-refractivity contribution in [3.05, 3.63) is 96.5 Å². The van der Waals surface area contributed by atoms with E-state index >= 15 is 0 Å². The summed E-state index contributed by atoms with van der Waals surface area (Å²) in [5.74, 6) is 0.0206. The molecule has 168 valence electrons. The van der Waals surface area contributed by atoms with E-state index in [-0.39, 0.29) is 17.2 Å². The fourth-order valence-electron chi connectivity index (χ4n) is 4.41. The van der Waals surface area contributed by atoms with E-state index in [2.05, 4.69) is 0 Å². The fourth-order valence-corrected chi connectivity index (χ4v) is 5.76. The largest absolute Gasteiger partial charge is 0.337 e. The molecular formula is C26H25N3O3S. The number of aromatic nitrogens is 2. The Morgan fingerprint density at radius 3 is 2.24 bits per heavy atom. The molecule has 1 aliphatic rings. The van der Waals surface area contributed by atoms with Crippen LogP contribution in [0.4, 0.5) is 0 Å². The quantitative estimate of drug-likeness (QED) is 0.468. The number of nitrogens with zero attached hydrogens (tertiary/aromatic N) is 3. The van der Waals surface area contributed by atoms with Crippen LogP contribution >= 0.6 is 11.3 Å². The number of hydrogen-bond donors (Lipinski definition) is 0. The Bertz CT molecular complexity index is 1490. The SMILES string of the molecule is CC(=O)N1CCc2c(sc3c2c(=O)n(-c2ccc(C)cc2)c(=O)n3Cc2ccc(C)cc2)C1. The van der Waals surface area contributed by atoms with Gasteiger partial charge in [-0.25, -0.2) is 9.36 Å². The Balaban J connectivity index is 1.78. The van der Waals surface area contributed by atoms with Crippen LogP contribution in [0.2, 0.25) is 0 Å². The maximum Gasteiger partial charge on any atom is 0.337 e. The standard InChI is InChI=1S/C26H25N3O3S/c1-16-4-8-19(9-5-16)14-28-25-23(21-12-13-27(18(3)30)15-22(21)33-25)24(31)29(26(28)32)20-10-6-17(2)7-11-20/h4-11H,12-15H2,1-3H3. The maximum absolute atomic E-state index is 13.7. The first-order valence-electron chi connectivity index (χ1n) is 11.0. The molecule has 0 N–H and O–H groups in total. The van der Waals surface area contributed by atoms with Crippen molar-refractivity contribution in [2.24, 2.45) is 0 Å². The first-order chi connectivity index (χ1) is 15.8. The number of amides is 1. The van der Waals surface area contributed by atoms with Crippen molar-refractivity contribution in [3.63, 3.8) is 0 Å². The predicted molar refractivity (Wildman–Crippen MR) is 131 cm³/mol. The Kier molecular flexibility index (Phi) is 5.29. The summed E-state index contributed by atoms with van der Waals surface area (Å²) in [6, 6.07) is 15.5. The lowest BCUT2D eigenvalue weighted by molar-refractivity contribution is -0.129. The van der Waals surface area contributed by atoms with Crippen LogP contribution in [0.1, 0.15) is 34.1 Å². The number of benzene rings is 2. The average molecular weight is 460 g/mol. The molecule has 0 spiro atoms. The highest BCUT2D eigenvalue weighted by molar-refractivity contribution is 7.18. The predicted octanol–water partition coefficient (Wildman–Crippen LogP) is 3.78. The van der Waals surface area contributed by atoms with Crippen molar-refractivity contribution in [3.8, 4) is 5.69 Å². The van der Waals surface area contributed by atoms with E-state index in [4.69, 9.17) is 0 Å². The van der Waals surface area contributed by atoms with Crippen LogP contribution in [0, 0.1) is 13.8 Å². The molecule has 7 heteroatoms. The van der Waals surface area contributed by atoms with Crippen molar-refractivity contribution in [1.29, 1.82) is 0 Å². The number of carbonyl (C=O) groups excluding carboxylic acids is 1. The lowest BCUT2D eigenvalue weighted by Crippen LogP contribution is -2.39. The Hall–Kier alpha value is -3.45. The Morgan fingerprint density at radius 2 is 1.61 bits per heavy atom. The van der Waals surface area contributed by atoms with Crippen molar-refractivity contribution < 1.29 is 4.79 Å². The van der Waals surface area contributed by atoms with Gasteiger partial charge in [-0.05, 0) is 43.5 Å². The molecule has 0 aliphatic carbocycles. The smallest absolute Gasteiger partial charge is 0.337 e. The van der Waals surface area contributed by atoms with Crippen LogP contribution < -0.4 is 11.2 Å². The molecule has 2 aromatic carbocycles. The third-order valence-electron chi connectivity index (χ3n) is 6.32. The minimum absolute atomic E-state index is 0.0206. The van der Waals surface area contributed by atoms with Crippen LogP contribution in [-0.4, -0.2) is 26.5 Å². The highest BCUT2D eigenvalue weighted by Crippen LogP contribution is 2.33. The van der Waals surface area contributed by atoms with E-state index in [0.717, 1.165) is 27.1 Å². The molecule has 1 aliphatic heterocycles. The molecule has 0 fully saturated rings. The highest BCUT2D eigenvalue weighted by Gasteiger charge is 2.27. The minimum atomic E-state index is -0.348. The molecule has 5 rings (SSSR count). The van der Waals surface area contributed by atoms with Gasteiger partial charge in [0, 0.05) is 18.3 Å². The molecule has 6 nitrogen and oxygen atoms in total. The third-order valence-corrected chi connectivity index (χ3v) is 7.56. The number of hydrogen-bond acceptors (Lipinski definition) is 4. The van der Waals surface area contributed by atoms with E-state index in [9.17, 15) is 14.4 Å². The number of rotatable bonds is 3. The second kappa shape index (κ2) is 8.15. The van der Waals surface area contributed by atoms with Gasteiger partial charge in [0.25, 0.3) is 5.56 Å². The monoisotopic (exact) mass is 459 g/mol. The van der Waals surface area contributed by atoms with Crippen LogP contribution in [0.15, 0.2) is 58.1 Å². The van der Waals surface area contributed by atoms with Crippen LogP contribution in [0.3, 0.4) is 0 Å². The lowest BCUT2D eigenvalue weighted by Gasteiger charge is -2.25. The van der Waals surface area contributed by atoms with E-state index in [1.54, 1.807) is 16.4 Å². The van der Waals surface area contributed by atoms with Gasteiger partial charge >= 0.3 is 5.69 Å². The Labute approximate surface area is 195 Å². The first kappa shape index (κ1) is 21.4. The second-order valence-corrected chi connectivity index (χ2v) is 9.79. The molecule has 1 amide bonds. The molecule has 0 unspecified atom stereocenters. The molecule has 0 saturated carbocycles. The number of thiophene rings is 1. The molecular weight excluding hydrogens is 434 g/mol. The molecule has 0 bridgehead atoms. The van der Waals surface area contributed by atoms with E-state index in [1.165, 1.54) is 15.9 Å². The molecule has 4 aromatic rings. The minimum Gasteiger partial charge on any atom is -0.337 e. The molecule has 0 radical (unpaired) electrons. The van der Waals surface area contributed by atoms with Gasteiger partial charge in [0.05, 0.1) is 24.2 Å². The average Bonchev–Trinajstić information content (AvgIpc) is 3.18. The van der Waals surface area contributed by atoms with Crippen molar-refractivity contribution in [2.45, 2.75) is 40.3 Å². The first-order valence-corrected chi connectivity index (χ1v) is 11.8. The zero-order valence-corrected chi connectivity index (χ0v) is 19.7. The van der Waals surface area contributed by atoms with Crippen LogP contribution in [-0.2, 0) is 24.3 Å². The summed E-state index contributed by atoms with van der Waals surface area (Å²) in [4.78, 5) is 42.8. The summed E-state index contributed by atoms with van der Waals surface area (Å²) >= 11 is 1.46. The number of fused-ring (bicyclic) bond motifs is 3. The van der Waals surface area contributed by atoms with Gasteiger partial charge in [-0.1, -0.05) is 47.5 Å². The molecule has 2 aromatic heterocycles. The van der Waals surface area contributed by atoms with Gasteiger partial charge in [0.1, 0.15) is 4.83 Å². The van der Waals surface area contributed by atoms with Crippen molar-refractivity contribution in [1.82, 2.24) is 14.0 Å². The van der Waals surface area contributed by atoms with Crippen molar-refractivity contribution >= 4 is 27.5 Å². The van der Waals surface area contributed by atoms with Crippen LogP contribution in [0.5, 0.6) is 0 Å². The fraction of sp³-hybridized carbons (Fsp3) is 0.269. The summed E-state index contributed by atoms with van der Waals surface area (Å²) in [5, 5.41) is 0.602. The van der Waals surface area contributed by atoms with Gasteiger partial charge in [0.2, 0.25) is 5.91 Å². The van der Waals surface area contributed by atoms with E-state index in [0.29, 0.717) is 42.0 Å². The lowest BCUT2D eigenvalue weighted by atomic mass is 10.1. The normalized spacial score (nSPS) is 13.4. The molecule has 0 atom stereocenters. The summed E-state index contributed by atoms with van der Waals surface area (Å²) in [7, 11) is 0. The topological polar surface area (TPSA) is 64.3 Å². The van der Waals surface area contributed by atoms with Gasteiger partial charge in [-0.2, -0.15) is 0 Å². The maximum atomic E-state index is 13.7. The van der Waals surface area contributed by atoms with Gasteiger partial charge in [-0.15, -0.1) is 11.3 Å². The second-order valence-electron chi connectivity index (χ2n) is 8.70. The van der Waals surface area contributed by atoms with E-state index in [1.807, 2.05) is 62.4 Å². The molecule has 0 saturated heterocycles. The zero-order valence-electron chi connectivity index (χ0n) is 18.9. The summed E-state index contributed by atoms with van der Waals surface area (Å²) < 4.78 is 3.00. The van der Waals surface area contributed by atoms with Gasteiger partial charge in [0.15, 0.2) is 0 Å². The van der Waals surface area contributed by atoms with Crippen molar-refractivity contribution in [2.75, 3.05) is 6.54 Å². The summed E-state index contributed by atoms with van der Waals surface area (Å²) in [5.41, 5.74) is 4.11. The van der Waals surface area contributed by atoms with E-state index < -0.39 is 0 Å². The third kappa shape index (κ3) is 3.72. The molecule has 33 heavy (non-hydrogen) atoms. The van der Waals surface area contributed by atoms with Gasteiger partial charge < -0.3 is 4.90 Å². The van der Waals surface area contributed by atoms with Crippen LogP contribution in [0.25, 0.3) is 15.9 Å². The zero-order chi connectivity index (χ0) is 23.3. The molecule has 3 heterocycles. The number of carbonyl (C=O) groups is 1. The summed E-state index contributed by atoms with van der Waals surface area (Å²) in [6.45, 7) is 7.00. The summed E-state index contributed by atoms with van der Waals surface area (Å²) in [6.07, 6.45) is 0.612. The highest BCUT2D eigenvalue weighted by atomic mass is 32.1.